The van der Waals surface area contributed by atoms with Gasteiger partial charge in [-0.25, -0.2) is 0 Å². The Morgan fingerprint density at radius 2 is 1.86 bits per heavy atom. The zero-order valence-electron chi connectivity index (χ0n) is 16.3. The lowest BCUT2D eigenvalue weighted by molar-refractivity contribution is 0.102. The van der Waals surface area contributed by atoms with E-state index in [9.17, 15) is 4.79 Å². The third-order valence-electron chi connectivity index (χ3n) is 5.62. The second-order valence-corrected chi connectivity index (χ2v) is 8.83. The molecule has 6 heteroatoms. The van der Waals surface area contributed by atoms with Crippen LogP contribution in [-0.2, 0) is 0 Å². The first kappa shape index (κ1) is 17.7. The Bertz CT molecular complexity index is 1030. The number of aromatic nitrogens is 4. The van der Waals surface area contributed by atoms with Crippen molar-refractivity contribution >= 4 is 17.5 Å². The van der Waals surface area contributed by atoms with E-state index in [1.807, 2.05) is 31.2 Å². The van der Waals surface area contributed by atoms with Gasteiger partial charge in [0.1, 0.15) is 5.82 Å². The zero-order chi connectivity index (χ0) is 19.3. The number of para-hydroxylation sites is 1. The monoisotopic (exact) mass is 392 g/mol. The number of carbonyl (C=O) groups is 1. The summed E-state index contributed by atoms with van der Waals surface area (Å²) in [6, 6.07) is 12.7. The minimum absolute atomic E-state index is 0.151. The molecule has 0 spiro atoms. The van der Waals surface area contributed by atoms with Crippen LogP contribution < -0.4 is 0 Å². The van der Waals surface area contributed by atoms with Crippen LogP contribution in [0.3, 0.4) is 0 Å². The number of benzene rings is 1. The Balaban J connectivity index is 1.36. The summed E-state index contributed by atoms with van der Waals surface area (Å²) >= 11 is 1.53. The number of rotatable bonds is 7. The Morgan fingerprint density at radius 1 is 1.11 bits per heavy atom. The highest BCUT2D eigenvalue weighted by Gasteiger charge is 2.36. The Hall–Kier alpha value is -2.34. The number of aryl methyl sites for hydroxylation is 1. The smallest absolute Gasteiger partial charge is 0.191 e. The van der Waals surface area contributed by atoms with Crippen molar-refractivity contribution in [3.8, 4) is 5.69 Å². The second-order valence-electron chi connectivity index (χ2n) is 7.88. The van der Waals surface area contributed by atoms with Gasteiger partial charge in [-0.1, -0.05) is 30.0 Å². The minimum atomic E-state index is 0.151. The van der Waals surface area contributed by atoms with E-state index in [2.05, 4.69) is 38.4 Å². The molecule has 2 aliphatic rings. The lowest BCUT2D eigenvalue weighted by atomic mass is 10.2. The van der Waals surface area contributed by atoms with Crippen LogP contribution >= 0.6 is 11.8 Å². The molecule has 1 aromatic carbocycles. The normalized spacial score (nSPS) is 16.5. The van der Waals surface area contributed by atoms with Gasteiger partial charge in [-0.3, -0.25) is 4.79 Å². The Labute approximate surface area is 169 Å². The molecule has 0 unspecified atom stereocenters. The average molecular weight is 393 g/mol. The molecule has 3 aromatic rings. The summed E-state index contributed by atoms with van der Waals surface area (Å²) in [5.74, 6) is 2.27. The SMILES string of the molecule is Cc1cc(C(=O)CSc2nnc(C3CC3)n2C2CC2)c(C)n1-c1ccccc1. The summed E-state index contributed by atoms with van der Waals surface area (Å²) in [7, 11) is 0. The molecule has 0 radical (unpaired) electrons. The molecule has 0 saturated heterocycles. The first-order valence-corrected chi connectivity index (χ1v) is 11.0. The molecule has 0 atom stereocenters. The molecule has 2 aromatic heterocycles. The molecule has 2 fully saturated rings. The predicted octanol–water partition coefficient (Wildman–Crippen LogP) is 4.87. The number of hydrogen-bond donors (Lipinski definition) is 0. The van der Waals surface area contributed by atoms with E-state index in [1.165, 1.54) is 37.4 Å². The molecule has 0 aliphatic heterocycles. The van der Waals surface area contributed by atoms with Crippen LogP contribution in [-0.4, -0.2) is 30.9 Å². The van der Waals surface area contributed by atoms with Gasteiger partial charge in [0.25, 0.3) is 0 Å². The molecule has 2 saturated carbocycles. The third kappa shape index (κ3) is 3.20. The van der Waals surface area contributed by atoms with Gasteiger partial charge in [0.05, 0.1) is 5.75 Å². The van der Waals surface area contributed by atoms with E-state index in [-0.39, 0.29) is 5.78 Å². The van der Waals surface area contributed by atoms with Gasteiger partial charge in [-0.2, -0.15) is 0 Å². The molecule has 2 heterocycles. The fraction of sp³-hybridized carbons (Fsp3) is 0.409. The van der Waals surface area contributed by atoms with Crippen molar-refractivity contribution in [2.45, 2.75) is 56.6 Å². The second kappa shape index (κ2) is 6.92. The van der Waals surface area contributed by atoms with Crippen LogP contribution in [0.15, 0.2) is 41.6 Å². The number of ketones is 1. The molecule has 144 valence electrons. The number of hydrogen-bond acceptors (Lipinski definition) is 4. The summed E-state index contributed by atoms with van der Waals surface area (Å²) in [6.07, 6.45) is 4.86. The quantitative estimate of drug-likeness (QED) is 0.425. The summed E-state index contributed by atoms with van der Waals surface area (Å²) < 4.78 is 4.46. The van der Waals surface area contributed by atoms with E-state index in [0.717, 1.165) is 33.6 Å². The van der Waals surface area contributed by atoms with Crippen LogP contribution in [0.25, 0.3) is 5.69 Å². The van der Waals surface area contributed by atoms with Crippen LogP contribution in [0.4, 0.5) is 0 Å². The van der Waals surface area contributed by atoms with E-state index >= 15 is 0 Å². The third-order valence-corrected chi connectivity index (χ3v) is 6.57. The highest BCUT2D eigenvalue weighted by Crippen LogP contribution is 2.46. The van der Waals surface area contributed by atoms with Crippen molar-refractivity contribution in [3.05, 3.63) is 59.2 Å². The number of carbonyl (C=O) groups excluding carboxylic acids is 1. The lowest BCUT2D eigenvalue weighted by Crippen LogP contribution is -2.07. The number of Topliss-reactive ketones (excluding diaryl/α,β-unsaturated/α-hetero) is 1. The van der Waals surface area contributed by atoms with E-state index in [4.69, 9.17) is 0 Å². The molecule has 0 bridgehead atoms. The maximum absolute atomic E-state index is 13.0. The van der Waals surface area contributed by atoms with Crippen molar-refractivity contribution in [2.75, 3.05) is 5.75 Å². The van der Waals surface area contributed by atoms with E-state index in [1.54, 1.807) is 0 Å². The van der Waals surface area contributed by atoms with Crippen molar-refractivity contribution < 1.29 is 4.79 Å². The maximum atomic E-state index is 13.0. The molecular weight excluding hydrogens is 368 g/mol. The largest absolute Gasteiger partial charge is 0.318 e. The van der Waals surface area contributed by atoms with Gasteiger partial charge in [0, 0.05) is 34.6 Å². The van der Waals surface area contributed by atoms with Gasteiger partial charge in [0.15, 0.2) is 10.9 Å². The molecule has 0 amide bonds. The van der Waals surface area contributed by atoms with Gasteiger partial charge in [-0.05, 0) is 57.7 Å². The fourth-order valence-electron chi connectivity index (χ4n) is 3.91. The zero-order valence-corrected chi connectivity index (χ0v) is 17.1. The van der Waals surface area contributed by atoms with Crippen molar-refractivity contribution in [2.24, 2.45) is 0 Å². The number of nitrogens with zero attached hydrogens (tertiary/aromatic N) is 4. The van der Waals surface area contributed by atoms with E-state index in [0.29, 0.717) is 17.7 Å². The van der Waals surface area contributed by atoms with Crippen LogP contribution in [0.1, 0.15) is 65.2 Å². The van der Waals surface area contributed by atoms with Crippen LogP contribution in [0, 0.1) is 13.8 Å². The molecular formula is C22H24N4OS. The summed E-state index contributed by atoms with van der Waals surface area (Å²) in [5.41, 5.74) is 3.96. The molecule has 0 N–H and O–H groups in total. The standard InChI is InChI=1S/C22H24N4OS/c1-14-12-19(15(2)25(14)17-6-4-3-5-7-17)20(27)13-28-22-24-23-21(16-8-9-16)26(22)18-10-11-18/h3-7,12,16,18H,8-11,13H2,1-2H3. The van der Waals surface area contributed by atoms with Gasteiger partial charge < -0.3 is 9.13 Å². The van der Waals surface area contributed by atoms with Crippen LogP contribution in [0.2, 0.25) is 0 Å². The average Bonchev–Trinajstić information content (AvgIpc) is 3.63. The Morgan fingerprint density at radius 3 is 2.54 bits per heavy atom. The van der Waals surface area contributed by atoms with E-state index < -0.39 is 0 Å². The van der Waals surface area contributed by atoms with Crippen molar-refractivity contribution in [3.63, 3.8) is 0 Å². The first-order valence-electron chi connectivity index (χ1n) is 9.98. The van der Waals surface area contributed by atoms with Crippen molar-refractivity contribution in [1.82, 2.24) is 19.3 Å². The van der Waals surface area contributed by atoms with Gasteiger partial charge >= 0.3 is 0 Å². The van der Waals surface area contributed by atoms with Gasteiger partial charge in [0.2, 0.25) is 0 Å². The molecule has 28 heavy (non-hydrogen) atoms. The predicted molar refractivity (Wildman–Crippen MR) is 111 cm³/mol. The summed E-state index contributed by atoms with van der Waals surface area (Å²) in [5, 5.41) is 9.77. The Kier molecular flexibility index (Phi) is 4.38. The topological polar surface area (TPSA) is 52.7 Å². The number of thioether (sulfide) groups is 1. The molecule has 5 rings (SSSR count). The minimum Gasteiger partial charge on any atom is -0.318 e. The highest BCUT2D eigenvalue weighted by molar-refractivity contribution is 7.99. The van der Waals surface area contributed by atoms with Crippen LogP contribution in [0.5, 0.6) is 0 Å². The van der Waals surface area contributed by atoms with Crippen molar-refractivity contribution in [1.29, 1.82) is 0 Å². The van der Waals surface area contributed by atoms with Gasteiger partial charge in [-0.15, -0.1) is 10.2 Å². The fourth-order valence-corrected chi connectivity index (χ4v) is 4.81. The first-order chi connectivity index (χ1) is 13.6. The summed E-state index contributed by atoms with van der Waals surface area (Å²) in [6.45, 7) is 4.07. The summed E-state index contributed by atoms with van der Waals surface area (Å²) in [4.78, 5) is 13.0. The highest BCUT2D eigenvalue weighted by atomic mass is 32.2. The maximum Gasteiger partial charge on any atom is 0.191 e. The molecule has 5 nitrogen and oxygen atoms in total. The molecule has 2 aliphatic carbocycles. The lowest BCUT2D eigenvalue weighted by Gasteiger charge is -2.10.